The highest BCUT2D eigenvalue weighted by Crippen LogP contribution is 2.24. The fourth-order valence-electron chi connectivity index (χ4n) is 3.35. The standard InChI is InChI=1S/C17H26N2O3/c1-3-6-18-7-9-20-14-17(12-18)13-19(8-10-21-17)11-16-5-4-15(2)22-16/h3-5H,1,6-14H2,2H3. The van der Waals surface area contributed by atoms with Crippen molar-refractivity contribution in [1.82, 2.24) is 9.80 Å². The maximum Gasteiger partial charge on any atom is 0.118 e. The molecule has 1 unspecified atom stereocenters. The summed E-state index contributed by atoms with van der Waals surface area (Å²) in [5.74, 6) is 1.99. The van der Waals surface area contributed by atoms with Crippen LogP contribution in [-0.2, 0) is 16.0 Å². The second-order valence-corrected chi connectivity index (χ2v) is 6.33. The van der Waals surface area contributed by atoms with Crippen molar-refractivity contribution in [3.8, 4) is 0 Å². The molecule has 5 nitrogen and oxygen atoms in total. The monoisotopic (exact) mass is 306 g/mol. The number of nitrogens with zero attached hydrogens (tertiary/aromatic N) is 2. The van der Waals surface area contributed by atoms with Crippen molar-refractivity contribution >= 4 is 0 Å². The molecule has 1 atom stereocenters. The van der Waals surface area contributed by atoms with Crippen molar-refractivity contribution in [3.05, 3.63) is 36.3 Å². The Kier molecular flexibility index (Phi) is 4.98. The zero-order valence-electron chi connectivity index (χ0n) is 13.4. The van der Waals surface area contributed by atoms with Crippen LogP contribution in [0.5, 0.6) is 0 Å². The molecule has 0 saturated carbocycles. The van der Waals surface area contributed by atoms with Gasteiger partial charge < -0.3 is 13.9 Å². The van der Waals surface area contributed by atoms with Crippen molar-refractivity contribution in [3.63, 3.8) is 0 Å². The lowest BCUT2D eigenvalue weighted by Crippen LogP contribution is -2.58. The van der Waals surface area contributed by atoms with Gasteiger partial charge in [-0.2, -0.15) is 0 Å². The van der Waals surface area contributed by atoms with Crippen molar-refractivity contribution < 1.29 is 13.9 Å². The van der Waals surface area contributed by atoms with Gasteiger partial charge in [-0.1, -0.05) is 6.08 Å². The van der Waals surface area contributed by atoms with E-state index in [1.165, 1.54) is 0 Å². The van der Waals surface area contributed by atoms with Crippen LogP contribution in [0.2, 0.25) is 0 Å². The third-order valence-electron chi connectivity index (χ3n) is 4.32. The molecule has 1 spiro atoms. The number of rotatable bonds is 4. The molecule has 122 valence electrons. The third kappa shape index (κ3) is 3.79. The van der Waals surface area contributed by atoms with Crippen molar-refractivity contribution in [1.29, 1.82) is 0 Å². The van der Waals surface area contributed by atoms with Crippen LogP contribution in [-0.4, -0.2) is 67.9 Å². The van der Waals surface area contributed by atoms with E-state index < -0.39 is 0 Å². The largest absolute Gasteiger partial charge is 0.465 e. The van der Waals surface area contributed by atoms with Gasteiger partial charge in [-0.25, -0.2) is 0 Å². The number of hydrogen-bond acceptors (Lipinski definition) is 5. The van der Waals surface area contributed by atoms with Gasteiger partial charge in [-0.3, -0.25) is 9.80 Å². The van der Waals surface area contributed by atoms with Crippen LogP contribution in [0, 0.1) is 6.92 Å². The number of ether oxygens (including phenoxy) is 2. The number of furan rings is 1. The summed E-state index contributed by atoms with van der Waals surface area (Å²) in [5, 5.41) is 0. The highest BCUT2D eigenvalue weighted by Gasteiger charge is 2.40. The molecular formula is C17H26N2O3. The lowest BCUT2D eigenvalue weighted by Gasteiger charge is -2.43. The Labute approximate surface area is 132 Å². The van der Waals surface area contributed by atoms with Crippen LogP contribution >= 0.6 is 0 Å². The first-order valence-corrected chi connectivity index (χ1v) is 8.02. The summed E-state index contributed by atoms with van der Waals surface area (Å²) < 4.78 is 17.7. The Bertz CT molecular complexity index is 502. The van der Waals surface area contributed by atoms with Gasteiger partial charge in [0.1, 0.15) is 17.1 Å². The van der Waals surface area contributed by atoms with Crippen LogP contribution in [0.15, 0.2) is 29.2 Å². The number of morpholine rings is 1. The van der Waals surface area contributed by atoms with Crippen LogP contribution in [0.1, 0.15) is 11.5 Å². The fraction of sp³-hybridized carbons (Fsp3) is 0.647. The van der Waals surface area contributed by atoms with Gasteiger partial charge in [0.05, 0.1) is 26.4 Å². The van der Waals surface area contributed by atoms with Gasteiger partial charge in [0, 0.05) is 32.7 Å². The Hall–Kier alpha value is -1.14. The average Bonchev–Trinajstić information content (AvgIpc) is 2.79. The number of aryl methyl sites for hydroxylation is 1. The Balaban J connectivity index is 1.66. The Morgan fingerprint density at radius 3 is 2.82 bits per heavy atom. The van der Waals surface area contributed by atoms with Gasteiger partial charge in [0.15, 0.2) is 0 Å². The second-order valence-electron chi connectivity index (χ2n) is 6.33. The van der Waals surface area contributed by atoms with Crippen molar-refractivity contribution in [2.75, 3.05) is 52.5 Å². The smallest absolute Gasteiger partial charge is 0.118 e. The van der Waals surface area contributed by atoms with Crippen LogP contribution in [0.4, 0.5) is 0 Å². The predicted octanol–water partition coefficient (Wildman–Crippen LogP) is 1.68. The summed E-state index contributed by atoms with van der Waals surface area (Å²) in [6, 6.07) is 4.08. The molecule has 2 aliphatic rings. The van der Waals surface area contributed by atoms with E-state index in [1.807, 2.05) is 19.1 Å². The highest BCUT2D eigenvalue weighted by atomic mass is 16.5. The van der Waals surface area contributed by atoms with E-state index in [2.05, 4.69) is 22.4 Å². The molecule has 0 N–H and O–H groups in total. The van der Waals surface area contributed by atoms with E-state index in [9.17, 15) is 0 Å². The second kappa shape index (κ2) is 6.96. The van der Waals surface area contributed by atoms with Gasteiger partial charge in [0.2, 0.25) is 0 Å². The molecule has 0 aromatic carbocycles. The zero-order valence-corrected chi connectivity index (χ0v) is 13.4. The summed E-state index contributed by atoms with van der Waals surface area (Å²) in [4.78, 5) is 4.77. The van der Waals surface area contributed by atoms with Gasteiger partial charge in [-0.05, 0) is 19.1 Å². The van der Waals surface area contributed by atoms with E-state index in [0.29, 0.717) is 6.61 Å². The maximum atomic E-state index is 6.16. The molecule has 3 rings (SSSR count). The van der Waals surface area contributed by atoms with E-state index in [0.717, 1.165) is 64.0 Å². The van der Waals surface area contributed by atoms with Gasteiger partial charge >= 0.3 is 0 Å². The summed E-state index contributed by atoms with van der Waals surface area (Å²) in [7, 11) is 0. The molecule has 2 fully saturated rings. The lowest BCUT2D eigenvalue weighted by atomic mass is 10.0. The Morgan fingerprint density at radius 1 is 1.23 bits per heavy atom. The first kappa shape index (κ1) is 15.7. The lowest BCUT2D eigenvalue weighted by molar-refractivity contribution is -0.143. The fourth-order valence-corrected chi connectivity index (χ4v) is 3.35. The Morgan fingerprint density at radius 2 is 2.05 bits per heavy atom. The SMILES string of the molecule is C=CCN1CCOCC2(C1)CN(Cc1ccc(C)o1)CCO2. The quantitative estimate of drug-likeness (QED) is 0.791. The third-order valence-corrected chi connectivity index (χ3v) is 4.32. The molecule has 0 bridgehead atoms. The van der Waals surface area contributed by atoms with Crippen LogP contribution < -0.4 is 0 Å². The first-order valence-electron chi connectivity index (χ1n) is 8.02. The van der Waals surface area contributed by atoms with Crippen LogP contribution in [0.3, 0.4) is 0 Å². The number of hydrogen-bond donors (Lipinski definition) is 0. The minimum Gasteiger partial charge on any atom is -0.465 e. The summed E-state index contributed by atoms with van der Waals surface area (Å²) in [5.41, 5.74) is -0.237. The minimum absolute atomic E-state index is 0.237. The van der Waals surface area contributed by atoms with E-state index >= 15 is 0 Å². The molecule has 3 heterocycles. The highest BCUT2D eigenvalue weighted by molar-refractivity contribution is 5.06. The van der Waals surface area contributed by atoms with Crippen molar-refractivity contribution in [2.45, 2.75) is 19.1 Å². The molecule has 1 aromatic rings. The zero-order chi connectivity index (χ0) is 15.4. The molecule has 2 aliphatic heterocycles. The molecule has 1 aromatic heterocycles. The molecule has 0 aliphatic carbocycles. The molecule has 0 amide bonds. The molecule has 5 heteroatoms. The molecular weight excluding hydrogens is 280 g/mol. The normalized spacial score (nSPS) is 27.9. The summed E-state index contributed by atoms with van der Waals surface area (Å²) >= 11 is 0. The summed E-state index contributed by atoms with van der Waals surface area (Å²) in [6.07, 6.45) is 1.95. The van der Waals surface area contributed by atoms with Gasteiger partial charge in [-0.15, -0.1) is 6.58 Å². The predicted molar refractivity (Wildman–Crippen MR) is 84.9 cm³/mol. The maximum absolute atomic E-state index is 6.16. The first-order chi connectivity index (χ1) is 10.7. The van der Waals surface area contributed by atoms with E-state index in [4.69, 9.17) is 13.9 Å². The van der Waals surface area contributed by atoms with E-state index in [-0.39, 0.29) is 5.60 Å². The van der Waals surface area contributed by atoms with Crippen molar-refractivity contribution in [2.24, 2.45) is 0 Å². The van der Waals surface area contributed by atoms with E-state index in [1.54, 1.807) is 0 Å². The molecule has 0 radical (unpaired) electrons. The average molecular weight is 306 g/mol. The molecule has 22 heavy (non-hydrogen) atoms. The minimum atomic E-state index is -0.237. The molecule has 2 saturated heterocycles. The topological polar surface area (TPSA) is 38.1 Å². The van der Waals surface area contributed by atoms with Gasteiger partial charge in [0.25, 0.3) is 0 Å². The summed E-state index contributed by atoms with van der Waals surface area (Å²) in [6.45, 7) is 13.3. The van der Waals surface area contributed by atoms with Crippen LogP contribution in [0.25, 0.3) is 0 Å².